The number of nitrogens with one attached hydrogen (secondary N) is 1. The minimum absolute atomic E-state index is 0.107. The van der Waals surface area contributed by atoms with Gasteiger partial charge in [0, 0.05) is 16.8 Å². The number of rotatable bonds is 4. The lowest BCUT2D eigenvalue weighted by Gasteiger charge is -2.04. The van der Waals surface area contributed by atoms with E-state index in [0.29, 0.717) is 6.41 Å². The normalized spacial score (nSPS) is 9.33. The van der Waals surface area contributed by atoms with Gasteiger partial charge in [-0.25, -0.2) is 0 Å². The Morgan fingerprint density at radius 1 is 1.07 bits per heavy atom. The van der Waals surface area contributed by atoms with E-state index in [0.717, 1.165) is 0 Å². The summed E-state index contributed by atoms with van der Waals surface area (Å²) < 4.78 is 0. The van der Waals surface area contributed by atoms with E-state index in [1.807, 2.05) is 0 Å². The molecule has 0 bridgehead atoms. The van der Waals surface area contributed by atoms with Crippen LogP contribution in [0.4, 0.5) is 5.69 Å². The molecule has 1 aromatic carbocycles. The molecule has 78 valence electrons. The van der Waals surface area contributed by atoms with Gasteiger partial charge in [0.25, 0.3) is 0 Å². The van der Waals surface area contributed by atoms with Crippen LogP contribution < -0.4 is 16.8 Å². The van der Waals surface area contributed by atoms with Crippen molar-refractivity contribution in [2.24, 2.45) is 11.5 Å². The van der Waals surface area contributed by atoms with Gasteiger partial charge < -0.3 is 16.8 Å². The molecule has 3 amide bonds. The average molecular weight is 207 g/mol. The molecular formula is C9H9N3O3. The van der Waals surface area contributed by atoms with Crippen LogP contribution in [0.3, 0.4) is 0 Å². The van der Waals surface area contributed by atoms with Crippen LogP contribution in [0.15, 0.2) is 18.2 Å². The Hall–Kier alpha value is -2.37. The molecule has 6 nitrogen and oxygen atoms in total. The fraction of sp³-hybridized carbons (Fsp3) is 0. The third-order valence-electron chi connectivity index (χ3n) is 1.73. The summed E-state index contributed by atoms with van der Waals surface area (Å²) in [5, 5.41) is 2.30. The van der Waals surface area contributed by atoms with Gasteiger partial charge in [-0.15, -0.1) is 0 Å². The maximum absolute atomic E-state index is 10.9. The standard InChI is InChI=1S/C9H9N3O3/c10-8(14)5-1-6(9(11)15)3-7(2-5)12-4-13/h1-4H,(H2,10,14)(H2,11,15)(H,12,13). The number of primary amides is 2. The second kappa shape index (κ2) is 4.23. The van der Waals surface area contributed by atoms with Crippen LogP contribution in [0.5, 0.6) is 0 Å². The highest BCUT2D eigenvalue weighted by Crippen LogP contribution is 2.13. The van der Waals surface area contributed by atoms with Gasteiger partial charge in [-0.3, -0.25) is 14.4 Å². The lowest BCUT2D eigenvalue weighted by Crippen LogP contribution is -2.16. The van der Waals surface area contributed by atoms with Crippen LogP contribution in [0.25, 0.3) is 0 Å². The van der Waals surface area contributed by atoms with Crippen LogP contribution >= 0.6 is 0 Å². The molecule has 0 saturated carbocycles. The van der Waals surface area contributed by atoms with Crippen LogP contribution in [-0.4, -0.2) is 18.2 Å². The van der Waals surface area contributed by atoms with Crippen LogP contribution in [0.1, 0.15) is 20.7 Å². The molecule has 0 aliphatic rings. The van der Waals surface area contributed by atoms with E-state index in [-0.39, 0.29) is 16.8 Å². The van der Waals surface area contributed by atoms with Crippen molar-refractivity contribution in [1.82, 2.24) is 0 Å². The molecule has 0 fully saturated rings. The zero-order chi connectivity index (χ0) is 11.4. The summed E-state index contributed by atoms with van der Waals surface area (Å²) in [6.07, 6.45) is 0.422. The molecule has 0 unspecified atom stereocenters. The van der Waals surface area contributed by atoms with Gasteiger partial charge in [-0.05, 0) is 18.2 Å². The molecule has 0 radical (unpaired) electrons. The summed E-state index contributed by atoms with van der Waals surface area (Å²) >= 11 is 0. The van der Waals surface area contributed by atoms with Gasteiger partial charge in [-0.1, -0.05) is 0 Å². The largest absolute Gasteiger partial charge is 0.366 e. The average Bonchev–Trinajstić information content (AvgIpc) is 2.17. The van der Waals surface area contributed by atoms with Gasteiger partial charge in [0.1, 0.15) is 0 Å². The molecule has 1 aromatic rings. The molecule has 0 spiro atoms. The summed E-state index contributed by atoms with van der Waals surface area (Å²) in [6.45, 7) is 0. The lowest BCUT2D eigenvalue weighted by atomic mass is 10.1. The van der Waals surface area contributed by atoms with E-state index < -0.39 is 11.8 Å². The Kier molecular flexibility index (Phi) is 3.02. The van der Waals surface area contributed by atoms with Crippen LogP contribution in [0, 0.1) is 0 Å². The maximum atomic E-state index is 10.9. The Balaban J connectivity index is 3.25. The van der Waals surface area contributed by atoms with E-state index in [1.165, 1.54) is 18.2 Å². The number of hydrogen-bond donors (Lipinski definition) is 3. The first-order chi connectivity index (χ1) is 7.04. The second-order valence-corrected chi connectivity index (χ2v) is 2.79. The second-order valence-electron chi connectivity index (χ2n) is 2.79. The Labute approximate surface area is 85.2 Å². The SMILES string of the molecule is NC(=O)c1cc(NC=O)cc(C(N)=O)c1. The highest BCUT2D eigenvalue weighted by molar-refractivity contribution is 6.00. The Bertz CT molecular complexity index is 396. The molecule has 0 atom stereocenters. The number of carbonyl (C=O) groups excluding carboxylic acids is 3. The smallest absolute Gasteiger partial charge is 0.248 e. The van der Waals surface area contributed by atoms with Crippen LogP contribution in [0.2, 0.25) is 0 Å². The third-order valence-corrected chi connectivity index (χ3v) is 1.73. The van der Waals surface area contributed by atoms with E-state index in [4.69, 9.17) is 11.5 Å². The number of hydrogen-bond acceptors (Lipinski definition) is 3. The van der Waals surface area contributed by atoms with Gasteiger partial charge in [0.05, 0.1) is 0 Å². The third kappa shape index (κ3) is 2.53. The summed E-state index contributed by atoms with van der Waals surface area (Å²) in [4.78, 5) is 32.0. The molecule has 0 aliphatic carbocycles. The molecule has 6 heteroatoms. The number of benzene rings is 1. The van der Waals surface area contributed by atoms with Crippen molar-refractivity contribution in [1.29, 1.82) is 0 Å². The fourth-order valence-electron chi connectivity index (χ4n) is 1.06. The minimum atomic E-state index is -0.702. The summed E-state index contributed by atoms with van der Waals surface area (Å²) in [7, 11) is 0. The minimum Gasteiger partial charge on any atom is -0.366 e. The van der Waals surface area contributed by atoms with Crippen LogP contribution in [-0.2, 0) is 4.79 Å². The van der Waals surface area contributed by atoms with Crippen molar-refractivity contribution in [2.75, 3.05) is 5.32 Å². The van der Waals surface area contributed by atoms with E-state index in [9.17, 15) is 14.4 Å². The molecule has 1 rings (SSSR count). The highest BCUT2D eigenvalue weighted by Gasteiger charge is 2.08. The van der Waals surface area contributed by atoms with E-state index >= 15 is 0 Å². The first kappa shape index (κ1) is 10.7. The van der Waals surface area contributed by atoms with Gasteiger partial charge in [0.2, 0.25) is 18.2 Å². The van der Waals surface area contributed by atoms with Gasteiger partial charge in [0.15, 0.2) is 0 Å². The van der Waals surface area contributed by atoms with E-state index in [1.54, 1.807) is 0 Å². The summed E-state index contributed by atoms with van der Waals surface area (Å²) in [5.41, 5.74) is 10.6. The van der Waals surface area contributed by atoms with Gasteiger partial charge >= 0.3 is 0 Å². The first-order valence-electron chi connectivity index (χ1n) is 3.99. The van der Waals surface area contributed by atoms with Gasteiger partial charge in [-0.2, -0.15) is 0 Å². The van der Waals surface area contributed by atoms with Crippen molar-refractivity contribution in [3.8, 4) is 0 Å². The zero-order valence-corrected chi connectivity index (χ0v) is 7.69. The molecule has 0 aliphatic heterocycles. The predicted molar refractivity (Wildman–Crippen MR) is 53.2 cm³/mol. The van der Waals surface area contributed by atoms with Crippen molar-refractivity contribution in [2.45, 2.75) is 0 Å². The monoisotopic (exact) mass is 207 g/mol. The van der Waals surface area contributed by atoms with Crippen molar-refractivity contribution in [3.63, 3.8) is 0 Å². The first-order valence-corrected chi connectivity index (χ1v) is 3.99. The zero-order valence-electron chi connectivity index (χ0n) is 7.69. The number of carbonyl (C=O) groups is 3. The maximum Gasteiger partial charge on any atom is 0.248 e. The highest BCUT2D eigenvalue weighted by atomic mass is 16.1. The summed E-state index contributed by atoms with van der Waals surface area (Å²) in [6, 6.07) is 3.97. The van der Waals surface area contributed by atoms with E-state index in [2.05, 4.69) is 5.32 Å². The lowest BCUT2D eigenvalue weighted by molar-refractivity contribution is -0.105. The topological polar surface area (TPSA) is 115 Å². The Morgan fingerprint density at radius 2 is 1.53 bits per heavy atom. The molecule has 0 aromatic heterocycles. The Morgan fingerprint density at radius 3 is 1.87 bits per heavy atom. The molecule has 0 saturated heterocycles. The quantitative estimate of drug-likeness (QED) is 0.575. The molecular weight excluding hydrogens is 198 g/mol. The fourth-order valence-corrected chi connectivity index (χ4v) is 1.06. The summed E-state index contributed by atoms with van der Waals surface area (Å²) in [5.74, 6) is -1.40. The number of nitrogens with two attached hydrogens (primary N) is 2. The van der Waals surface area contributed by atoms with Crippen molar-refractivity contribution in [3.05, 3.63) is 29.3 Å². The molecule has 5 N–H and O–H groups in total. The number of amides is 3. The van der Waals surface area contributed by atoms with Crippen molar-refractivity contribution < 1.29 is 14.4 Å². The predicted octanol–water partition coefficient (Wildman–Crippen LogP) is -0.547. The van der Waals surface area contributed by atoms with Crippen molar-refractivity contribution >= 4 is 23.9 Å². The number of anilines is 1. The molecule has 15 heavy (non-hydrogen) atoms. The molecule has 0 heterocycles.